The monoisotopic (exact) mass is 304 g/mol. The summed E-state index contributed by atoms with van der Waals surface area (Å²) in [6.07, 6.45) is 1.22. The quantitative estimate of drug-likeness (QED) is 0.891. The maximum absolute atomic E-state index is 12.3. The number of rotatable bonds is 4. The second-order valence-corrected chi connectivity index (χ2v) is 6.84. The third-order valence-corrected chi connectivity index (χ3v) is 5.23. The van der Waals surface area contributed by atoms with Gasteiger partial charge < -0.3 is 10.1 Å². The van der Waals surface area contributed by atoms with Gasteiger partial charge in [-0.3, -0.25) is 4.72 Å². The molecule has 0 radical (unpaired) electrons. The van der Waals surface area contributed by atoms with Crippen LogP contribution in [0.5, 0.6) is 5.75 Å². The van der Waals surface area contributed by atoms with Crippen molar-refractivity contribution in [2.75, 3.05) is 24.9 Å². The van der Waals surface area contributed by atoms with Crippen LogP contribution in [0.3, 0.4) is 0 Å². The zero-order valence-corrected chi connectivity index (χ0v) is 12.2. The van der Waals surface area contributed by atoms with Gasteiger partial charge in [0.1, 0.15) is 5.75 Å². The Hall–Kier alpha value is -0.980. The molecule has 0 bridgehead atoms. The number of nitrogens with one attached hydrogen (secondary N) is 2. The van der Waals surface area contributed by atoms with Gasteiger partial charge in [0.25, 0.3) is 0 Å². The normalized spacial score (nSPS) is 17.2. The molecule has 0 unspecified atom stereocenters. The Labute approximate surface area is 118 Å². The van der Waals surface area contributed by atoms with Crippen molar-refractivity contribution in [3.05, 3.63) is 23.2 Å². The molecule has 1 aliphatic rings. The van der Waals surface area contributed by atoms with Gasteiger partial charge in [-0.25, -0.2) is 8.42 Å². The van der Waals surface area contributed by atoms with Crippen molar-refractivity contribution in [3.63, 3.8) is 0 Å². The molecule has 106 valence electrons. The minimum Gasteiger partial charge on any atom is -0.495 e. The van der Waals surface area contributed by atoms with E-state index in [0.717, 1.165) is 13.1 Å². The summed E-state index contributed by atoms with van der Waals surface area (Å²) in [5.74, 6) is 0.460. The topological polar surface area (TPSA) is 67.4 Å². The molecule has 2 rings (SSSR count). The van der Waals surface area contributed by atoms with Gasteiger partial charge in [-0.2, -0.15) is 0 Å². The van der Waals surface area contributed by atoms with E-state index >= 15 is 0 Å². The number of halogens is 1. The number of anilines is 1. The highest BCUT2D eigenvalue weighted by Crippen LogP contribution is 2.29. The van der Waals surface area contributed by atoms with Gasteiger partial charge in [-0.05, 0) is 44.1 Å². The smallest absolute Gasteiger partial charge is 0.235 e. The highest BCUT2D eigenvalue weighted by atomic mass is 35.5. The first-order chi connectivity index (χ1) is 9.03. The van der Waals surface area contributed by atoms with E-state index in [0.29, 0.717) is 29.3 Å². The van der Waals surface area contributed by atoms with Crippen LogP contribution in [0.4, 0.5) is 5.69 Å². The van der Waals surface area contributed by atoms with E-state index in [1.165, 1.54) is 7.11 Å². The molecule has 0 aromatic heterocycles. The lowest BCUT2D eigenvalue weighted by Gasteiger charge is -2.23. The molecular weight excluding hydrogens is 288 g/mol. The Morgan fingerprint density at radius 2 is 2.05 bits per heavy atom. The molecular formula is C12H17ClN2O3S. The Kier molecular flexibility index (Phi) is 4.54. The number of sulfonamides is 1. The van der Waals surface area contributed by atoms with Crippen LogP contribution in [0.15, 0.2) is 18.2 Å². The third kappa shape index (κ3) is 3.52. The number of methoxy groups -OCH3 is 1. The zero-order valence-electron chi connectivity index (χ0n) is 10.6. The highest BCUT2D eigenvalue weighted by Gasteiger charge is 2.27. The Bertz CT molecular complexity index is 542. The van der Waals surface area contributed by atoms with Gasteiger partial charge in [0.15, 0.2) is 0 Å². The van der Waals surface area contributed by atoms with Crippen molar-refractivity contribution < 1.29 is 13.2 Å². The standard InChI is InChI=1S/C12H17ClN2O3S/c1-18-12-3-2-9(13)8-11(12)15-19(16,17)10-4-6-14-7-5-10/h2-3,8,10,14-15H,4-7H2,1H3. The van der Waals surface area contributed by atoms with E-state index in [9.17, 15) is 8.42 Å². The van der Waals surface area contributed by atoms with Gasteiger partial charge in [0.05, 0.1) is 18.0 Å². The number of ether oxygens (including phenoxy) is 1. The average molecular weight is 305 g/mol. The van der Waals surface area contributed by atoms with Crippen LogP contribution in [0.1, 0.15) is 12.8 Å². The predicted molar refractivity (Wildman–Crippen MR) is 76.4 cm³/mol. The van der Waals surface area contributed by atoms with Crippen LogP contribution in [-0.2, 0) is 10.0 Å². The summed E-state index contributed by atoms with van der Waals surface area (Å²) in [5, 5.41) is 3.23. The first-order valence-corrected chi connectivity index (χ1v) is 8.01. The lowest BCUT2D eigenvalue weighted by molar-refractivity contribution is 0.417. The molecule has 2 N–H and O–H groups in total. The van der Waals surface area contributed by atoms with E-state index in [1.54, 1.807) is 18.2 Å². The molecule has 0 aliphatic carbocycles. The molecule has 7 heteroatoms. The van der Waals surface area contributed by atoms with Crippen molar-refractivity contribution in [2.24, 2.45) is 0 Å². The van der Waals surface area contributed by atoms with Crippen LogP contribution in [0, 0.1) is 0 Å². The van der Waals surface area contributed by atoms with Crippen LogP contribution >= 0.6 is 11.6 Å². The minimum atomic E-state index is -3.41. The summed E-state index contributed by atoms with van der Waals surface area (Å²) in [6, 6.07) is 4.85. The van der Waals surface area contributed by atoms with Crippen molar-refractivity contribution in [3.8, 4) is 5.75 Å². The fourth-order valence-electron chi connectivity index (χ4n) is 2.10. The van der Waals surface area contributed by atoms with Gasteiger partial charge in [-0.15, -0.1) is 0 Å². The van der Waals surface area contributed by atoms with Gasteiger partial charge in [0, 0.05) is 5.02 Å². The molecule has 1 heterocycles. The highest BCUT2D eigenvalue weighted by molar-refractivity contribution is 7.93. The zero-order chi connectivity index (χ0) is 13.9. The van der Waals surface area contributed by atoms with E-state index in [4.69, 9.17) is 16.3 Å². The molecule has 0 spiro atoms. The first-order valence-electron chi connectivity index (χ1n) is 6.09. The van der Waals surface area contributed by atoms with Gasteiger partial charge >= 0.3 is 0 Å². The van der Waals surface area contributed by atoms with E-state index in [2.05, 4.69) is 10.0 Å². The maximum atomic E-state index is 12.3. The lowest BCUT2D eigenvalue weighted by Crippen LogP contribution is -2.38. The average Bonchev–Trinajstić information content (AvgIpc) is 2.39. The van der Waals surface area contributed by atoms with E-state index < -0.39 is 10.0 Å². The number of piperidine rings is 1. The molecule has 0 saturated carbocycles. The van der Waals surface area contributed by atoms with Crippen LogP contribution in [0.2, 0.25) is 5.02 Å². The van der Waals surface area contributed by atoms with Crippen molar-refractivity contribution in [1.29, 1.82) is 0 Å². The number of hydrogen-bond acceptors (Lipinski definition) is 4. The first kappa shape index (κ1) is 14.4. The molecule has 1 saturated heterocycles. The Balaban J connectivity index is 2.21. The second kappa shape index (κ2) is 5.98. The molecule has 1 aromatic rings. The molecule has 1 fully saturated rings. The van der Waals surface area contributed by atoms with Gasteiger partial charge in [0.2, 0.25) is 10.0 Å². The van der Waals surface area contributed by atoms with Gasteiger partial charge in [-0.1, -0.05) is 11.6 Å². The molecule has 5 nitrogen and oxygen atoms in total. The molecule has 19 heavy (non-hydrogen) atoms. The van der Waals surface area contributed by atoms with Crippen molar-refractivity contribution >= 4 is 27.3 Å². The molecule has 1 aliphatic heterocycles. The number of benzene rings is 1. The van der Waals surface area contributed by atoms with Crippen molar-refractivity contribution in [2.45, 2.75) is 18.1 Å². The summed E-state index contributed by atoms with van der Waals surface area (Å²) >= 11 is 5.89. The minimum absolute atomic E-state index is 0.377. The predicted octanol–water partition coefficient (Wildman–Crippen LogP) is 1.84. The maximum Gasteiger partial charge on any atom is 0.235 e. The summed E-state index contributed by atoms with van der Waals surface area (Å²) in [4.78, 5) is 0. The lowest BCUT2D eigenvalue weighted by atomic mass is 10.2. The van der Waals surface area contributed by atoms with Crippen LogP contribution < -0.4 is 14.8 Å². The fraction of sp³-hybridized carbons (Fsp3) is 0.500. The molecule has 0 amide bonds. The molecule has 0 atom stereocenters. The Morgan fingerprint density at radius 3 is 2.68 bits per heavy atom. The third-order valence-electron chi connectivity index (χ3n) is 3.14. The van der Waals surface area contributed by atoms with Crippen molar-refractivity contribution in [1.82, 2.24) is 5.32 Å². The summed E-state index contributed by atoms with van der Waals surface area (Å²) in [7, 11) is -1.92. The Morgan fingerprint density at radius 1 is 1.37 bits per heavy atom. The largest absolute Gasteiger partial charge is 0.495 e. The second-order valence-electron chi connectivity index (χ2n) is 4.44. The number of hydrogen-bond donors (Lipinski definition) is 2. The van der Waals surface area contributed by atoms with Crippen LogP contribution in [0.25, 0.3) is 0 Å². The summed E-state index contributed by atoms with van der Waals surface area (Å²) < 4.78 is 32.3. The van der Waals surface area contributed by atoms with E-state index in [-0.39, 0.29) is 5.25 Å². The molecule has 1 aromatic carbocycles. The van der Waals surface area contributed by atoms with E-state index in [1.807, 2.05) is 0 Å². The van der Waals surface area contributed by atoms with Crippen LogP contribution in [-0.4, -0.2) is 33.9 Å². The summed E-state index contributed by atoms with van der Waals surface area (Å²) in [5.41, 5.74) is 0.383. The SMILES string of the molecule is COc1ccc(Cl)cc1NS(=O)(=O)C1CCNCC1. The fourth-order valence-corrected chi connectivity index (χ4v) is 3.76. The summed E-state index contributed by atoms with van der Waals surface area (Å²) in [6.45, 7) is 1.44.